The van der Waals surface area contributed by atoms with Crippen molar-refractivity contribution in [3.05, 3.63) is 24.0 Å². The van der Waals surface area contributed by atoms with Crippen molar-refractivity contribution >= 4 is 0 Å². The minimum absolute atomic E-state index is 0.250. The molecule has 2 N–H and O–H groups in total. The lowest BCUT2D eigenvalue weighted by Crippen LogP contribution is -2.34. The van der Waals surface area contributed by atoms with E-state index >= 15 is 0 Å². The summed E-state index contributed by atoms with van der Waals surface area (Å²) < 4.78 is 5.33. The van der Waals surface area contributed by atoms with Crippen LogP contribution in [0.1, 0.15) is 37.4 Å². The normalized spacial score (nSPS) is 22.9. The highest BCUT2D eigenvalue weighted by molar-refractivity contribution is 5.46. The molecular weight excluding hydrogens is 254 g/mol. The highest BCUT2D eigenvalue weighted by Crippen LogP contribution is 2.26. The molecule has 0 spiro atoms. The van der Waals surface area contributed by atoms with E-state index in [9.17, 15) is 0 Å². The van der Waals surface area contributed by atoms with Gasteiger partial charge >= 0.3 is 0 Å². The third-order valence-corrected chi connectivity index (χ3v) is 3.88. The van der Waals surface area contributed by atoms with Gasteiger partial charge in [-0.3, -0.25) is 0 Å². The zero-order valence-corrected chi connectivity index (χ0v) is 11.6. The maximum Gasteiger partial charge on any atom is 0.227 e. The fraction of sp³-hybridized carbons (Fsp3) is 0.571. The molecule has 6 heteroatoms. The van der Waals surface area contributed by atoms with E-state index in [1.54, 1.807) is 12.3 Å². The van der Waals surface area contributed by atoms with Gasteiger partial charge in [0.2, 0.25) is 11.7 Å². The Labute approximate surface area is 117 Å². The van der Waals surface area contributed by atoms with Gasteiger partial charge in [-0.1, -0.05) is 18.0 Å². The Kier molecular flexibility index (Phi) is 3.73. The number of aromatic nitrogens is 4. The second-order valence-corrected chi connectivity index (χ2v) is 5.41. The molecule has 0 saturated heterocycles. The Morgan fingerprint density at radius 2 is 2.15 bits per heavy atom. The summed E-state index contributed by atoms with van der Waals surface area (Å²) >= 11 is 0. The van der Waals surface area contributed by atoms with Crippen molar-refractivity contribution in [2.45, 2.75) is 45.1 Å². The molecular formula is C14H19N5O. The highest BCUT2D eigenvalue weighted by atomic mass is 16.5. The predicted octanol–water partition coefficient (Wildman–Crippen LogP) is 1.90. The summed E-state index contributed by atoms with van der Waals surface area (Å²) in [4.78, 5) is 12.8. The average molecular weight is 273 g/mol. The number of nitrogens with two attached hydrogens (primary N) is 1. The van der Waals surface area contributed by atoms with Crippen LogP contribution in [0.15, 0.2) is 16.8 Å². The SMILES string of the molecule is Cc1nccc(-c2noc(CC3CCCCC3N)n2)n1. The maximum atomic E-state index is 6.15. The van der Waals surface area contributed by atoms with Gasteiger partial charge in [-0.25, -0.2) is 9.97 Å². The molecule has 0 radical (unpaired) electrons. The van der Waals surface area contributed by atoms with Crippen molar-refractivity contribution < 1.29 is 4.52 Å². The molecule has 1 fully saturated rings. The summed E-state index contributed by atoms with van der Waals surface area (Å²) in [6, 6.07) is 2.04. The van der Waals surface area contributed by atoms with Crippen LogP contribution in [0.5, 0.6) is 0 Å². The van der Waals surface area contributed by atoms with Gasteiger partial charge in [0.25, 0.3) is 0 Å². The summed E-state index contributed by atoms with van der Waals surface area (Å²) in [5.74, 6) is 2.32. The Morgan fingerprint density at radius 1 is 1.30 bits per heavy atom. The van der Waals surface area contributed by atoms with E-state index in [1.165, 1.54) is 12.8 Å². The Morgan fingerprint density at radius 3 is 2.95 bits per heavy atom. The van der Waals surface area contributed by atoms with Crippen LogP contribution in [0.3, 0.4) is 0 Å². The third-order valence-electron chi connectivity index (χ3n) is 3.88. The van der Waals surface area contributed by atoms with Crippen LogP contribution in [0.25, 0.3) is 11.5 Å². The van der Waals surface area contributed by atoms with Crippen molar-refractivity contribution in [3.63, 3.8) is 0 Å². The van der Waals surface area contributed by atoms with E-state index in [4.69, 9.17) is 10.3 Å². The molecule has 2 heterocycles. The standard InChI is InChI=1S/C14H19N5O/c1-9-16-7-6-12(17-9)14-18-13(20-19-14)8-10-4-2-3-5-11(10)15/h6-7,10-11H,2-5,8,15H2,1H3. The molecule has 106 valence electrons. The van der Waals surface area contributed by atoms with Gasteiger partial charge in [-0.2, -0.15) is 4.98 Å². The topological polar surface area (TPSA) is 90.7 Å². The minimum Gasteiger partial charge on any atom is -0.339 e. The Hall–Kier alpha value is -1.82. The van der Waals surface area contributed by atoms with Crippen LogP contribution in [-0.4, -0.2) is 26.2 Å². The molecule has 6 nitrogen and oxygen atoms in total. The number of hydrogen-bond donors (Lipinski definition) is 1. The second-order valence-electron chi connectivity index (χ2n) is 5.41. The number of hydrogen-bond acceptors (Lipinski definition) is 6. The fourth-order valence-corrected chi connectivity index (χ4v) is 2.74. The van der Waals surface area contributed by atoms with Gasteiger partial charge in [0, 0.05) is 18.7 Å². The molecule has 2 atom stereocenters. The van der Waals surface area contributed by atoms with E-state index in [2.05, 4.69) is 20.1 Å². The van der Waals surface area contributed by atoms with Crippen molar-refractivity contribution in [3.8, 4) is 11.5 Å². The number of rotatable bonds is 3. The van der Waals surface area contributed by atoms with Crippen LogP contribution in [0.4, 0.5) is 0 Å². The summed E-state index contributed by atoms with van der Waals surface area (Å²) in [6.45, 7) is 1.84. The largest absolute Gasteiger partial charge is 0.339 e. The molecule has 0 bridgehead atoms. The second kappa shape index (κ2) is 5.66. The molecule has 0 aliphatic heterocycles. The van der Waals surface area contributed by atoms with E-state index in [0.717, 1.165) is 19.3 Å². The van der Waals surface area contributed by atoms with E-state index < -0.39 is 0 Å². The Bertz CT molecular complexity index is 582. The molecule has 2 aromatic heterocycles. The van der Waals surface area contributed by atoms with Gasteiger partial charge in [-0.15, -0.1) is 0 Å². The van der Waals surface area contributed by atoms with Crippen LogP contribution in [0.2, 0.25) is 0 Å². The first-order valence-electron chi connectivity index (χ1n) is 7.10. The molecule has 2 unspecified atom stereocenters. The van der Waals surface area contributed by atoms with E-state index in [-0.39, 0.29) is 6.04 Å². The van der Waals surface area contributed by atoms with Gasteiger partial charge in [-0.05, 0) is 31.7 Å². The summed E-state index contributed by atoms with van der Waals surface area (Å²) in [6.07, 6.45) is 7.17. The van der Waals surface area contributed by atoms with Gasteiger partial charge in [0.05, 0.1) is 0 Å². The molecule has 3 rings (SSSR count). The van der Waals surface area contributed by atoms with Crippen molar-refractivity contribution in [1.82, 2.24) is 20.1 Å². The zero-order chi connectivity index (χ0) is 13.9. The van der Waals surface area contributed by atoms with Crippen molar-refractivity contribution in [2.24, 2.45) is 11.7 Å². The van der Waals surface area contributed by atoms with Crippen LogP contribution < -0.4 is 5.73 Å². The monoisotopic (exact) mass is 273 g/mol. The summed E-state index contributed by atoms with van der Waals surface area (Å²) in [7, 11) is 0. The average Bonchev–Trinajstić information content (AvgIpc) is 2.90. The van der Waals surface area contributed by atoms with Crippen LogP contribution in [0, 0.1) is 12.8 Å². The van der Waals surface area contributed by atoms with Crippen molar-refractivity contribution in [1.29, 1.82) is 0 Å². The lowest BCUT2D eigenvalue weighted by atomic mass is 9.83. The van der Waals surface area contributed by atoms with E-state index in [1.807, 2.05) is 6.92 Å². The van der Waals surface area contributed by atoms with Gasteiger partial charge in [0.1, 0.15) is 11.5 Å². The van der Waals surface area contributed by atoms with E-state index in [0.29, 0.717) is 29.2 Å². The van der Waals surface area contributed by atoms with Crippen LogP contribution >= 0.6 is 0 Å². The smallest absolute Gasteiger partial charge is 0.227 e. The maximum absolute atomic E-state index is 6.15. The molecule has 2 aromatic rings. The first kappa shape index (κ1) is 13.2. The summed E-state index contributed by atoms with van der Waals surface area (Å²) in [5.41, 5.74) is 6.85. The molecule has 0 aromatic carbocycles. The van der Waals surface area contributed by atoms with Crippen molar-refractivity contribution in [2.75, 3.05) is 0 Å². The zero-order valence-electron chi connectivity index (χ0n) is 11.6. The van der Waals surface area contributed by atoms with Gasteiger partial charge in [0.15, 0.2) is 0 Å². The highest BCUT2D eigenvalue weighted by Gasteiger charge is 2.24. The predicted molar refractivity (Wildman–Crippen MR) is 73.7 cm³/mol. The molecule has 1 aliphatic rings. The summed E-state index contributed by atoms with van der Waals surface area (Å²) in [5, 5.41) is 4.00. The molecule has 1 aliphatic carbocycles. The third kappa shape index (κ3) is 2.85. The first-order valence-corrected chi connectivity index (χ1v) is 7.10. The fourth-order valence-electron chi connectivity index (χ4n) is 2.74. The minimum atomic E-state index is 0.250. The first-order chi connectivity index (χ1) is 9.72. The molecule has 20 heavy (non-hydrogen) atoms. The Balaban J connectivity index is 1.73. The van der Waals surface area contributed by atoms with Crippen LogP contribution in [-0.2, 0) is 6.42 Å². The van der Waals surface area contributed by atoms with Gasteiger partial charge < -0.3 is 10.3 Å². The molecule has 1 saturated carbocycles. The number of aryl methyl sites for hydroxylation is 1. The number of nitrogens with zero attached hydrogens (tertiary/aromatic N) is 4. The lowest BCUT2D eigenvalue weighted by molar-refractivity contribution is 0.273. The molecule has 0 amide bonds. The quantitative estimate of drug-likeness (QED) is 0.918. The lowest BCUT2D eigenvalue weighted by Gasteiger charge is -2.27.